The van der Waals surface area contributed by atoms with E-state index in [0.29, 0.717) is 18.7 Å². The van der Waals surface area contributed by atoms with Gasteiger partial charge in [-0.2, -0.15) is 0 Å². The summed E-state index contributed by atoms with van der Waals surface area (Å²) in [6.45, 7) is 3.24. The number of aryl methyl sites for hydroxylation is 1. The van der Waals surface area contributed by atoms with E-state index in [1.807, 2.05) is 25.1 Å². The highest BCUT2D eigenvalue weighted by Crippen LogP contribution is 2.17. The van der Waals surface area contributed by atoms with Crippen LogP contribution in [0.15, 0.2) is 22.7 Å². The molecule has 0 aliphatic carbocycles. The van der Waals surface area contributed by atoms with Crippen molar-refractivity contribution >= 4 is 37.8 Å². The lowest BCUT2D eigenvalue weighted by atomic mass is 10.1. The zero-order valence-electron chi connectivity index (χ0n) is 10.5. The van der Waals surface area contributed by atoms with E-state index in [1.165, 1.54) is 0 Å². The molecule has 1 N–H and O–H groups in total. The van der Waals surface area contributed by atoms with Gasteiger partial charge in [0.1, 0.15) is 0 Å². The maximum atomic E-state index is 11.9. The summed E-state index contributed by atoms with van der Waals surface area (Å²) in [6.07, 6.45) is 0.842. The fourth-order valence-corrected chi connectivity index (χ4v) is 2.23. The molecule has 0 fully saturated rings. The summed E-state index contributed by atoms with van der Waals surface area (Å²) in [7, 11) is 1.66. The minimum atomic E-state index is -0.0392. The van der Waals surface area contributed by atoms with E-state index < -0.39 is 0 Å². The predicted octanol–water partition coefficient (Wildman–Crippen LogP) is 3.29. The van der Waals surface area contributed by atoms with Crippen molar-refractivity contribution in [2.75, 3.05) is 20.3 Å². The third kappa shape index (κ3) is 5.08. The van der Waals surface area contributed by atoms with Crippen LogP contribution in [0.25, 0.3) is 0 Å². The Kier molecular flexibility index (Phi) is 6.89. The Morgan fingerprint density at radius 3 is 2.83 bits per heavy atom. The molecule has 1 atom stereocenters. The Labute approximate surface area is 125 Å². The van der Waals surface area contributed by atoms with Crippen LogP contribution in [0.2, 0.25) is 0 Å². The summed E-state index contributed by atoms with van der Waals surface area (Å²) in [5.74, 6) is -0.0392. The first kappa shape index (κ1) is 15.7. The fourth-order valence-electron chi connectivity index (χ4n) is 1.49. The number of hydrogen-bond donors (Lipinski definition) is 1. The molecule has 1 rings (SSSR count). The van der Waals surface area contributed by atoms with Gasteiger partial charge in [-0.3, -0.25) is 4.79 Å². The first-order valence-corrected chi connectivity index (χ1v) is 7.43. The van der Waals surface area contributed by atoms with E-state index in [9.17, 15) is 4.79 Å². The number of halogens is 2. The van der Waals surface area contributed by atoms with Crippen LogP contribution in [0.3, 0.4) is 0 Å². The first-order valence-electron chi connectivity index (χ1n) is 5.72. The zero-order chi connectivity index (χ0) is 13.5. The topological polar surface area (TPSA) is 38.3 Å². The molecule has 1 amide bonds. The molecule has 0 saturated heterocycles. The number of rotatable bonds is 6. The highest BCUT2D eigenvalue weighted by atomic mass is 79.9. The van der Waals surface area contributed by atoms with Gasteiger partial charge in [0, 0.05) is 28.5 Å². The summed E-state index contributed by atoms with van der Waals surface area (Å²) in [5.41, 5.74) is 1.74. The van der Waals surface area contributed by atoms with Gasteiger partial charge >= 0.3 is 0 Å². The maximum Gasteiger partial charge on any atom is 0.251 e. The number of carbonyl (C=O) groups is 1. The highest BCUT2D eigenvalue weighted by Gasteiger charge is 2.08. The zero-order valence-corrected chi connectivity index (χ0v) is 13.7. The summed E-state index contributed by atoms with van der Waals surface area (Å²) in [6, 6.07) is 5.58. The van der Waals surface area contributed by atoms with E-state index >= 15 is 0 Å². The van der Waals surface area contributed by atoms with Crippen molar-refractivity contribution in [1.29, 1.82) is 0 Å². The van der Waals surface area contributed by atoms with E-state index in [0.717, 1.165) is 16.5 Å². The van der Waals surface area contributed by atoms with Gasteiger partial charge < -0.3 is 10.1 Å². The third-order valence-electron chi connectivity index (χ3n) is 2.51. The molecule has 5 heteroatoms. The summed E-state index contributed by atoms with van der Waals surface area (Å²) in [4.78, 5) is 12.1. The average molecular weight is 379 g/mol. The van der Waals surface area contributed by atoms with E-state index in [4.69, 9.17) is 4.74 Å². The molecule has 18 heavy (non-hydrogen) atoms. The molecule has 0 saturated carbocycles. The maximum absolute atomic E-state index is 11.9. The van der Waals surface area contributed by atoms with Crippen LogP contribution >= 0.6 is 31.9 Å². The van der Waals surface area contributed by atoms with Crippen LogP contribution < -0.4 is 5.32 Å². The lowest BCUT2D eigenvalue weighted by Crippen LogP contribution is -2.26. The van der Waals surface area contributed by atoms with Crippen LogP contribution in [-0.2, 0) is 4.74 Å². The molecule has 0 radical (unpaired) electrons. The van der Waals surface area contributed by atoms with Gasteiger partial charge in [0.05, 0.1) is 6.61 Å². The number of amides is 1. The monoisotopic (exact) mass is 377 g/mol. The number of carbonyl (C=O) groups excluding carboxylic acids is 1. The minimum Gasteiger partial charge on any atom is -0.384 e. The number of hydrogen-bond acceptors (Lipinski definition) is 2. The standard InChI is InChI=1S/C13H17Br2NO2/c1-9-7-10(3-4-12(9)15)13(17)16-6-5-11(14)8-18-2/h3-4,7,11H,5-6,8H2,1-2H3,(H,16,17). The molecule has 0 aromatic heterocycles. The smallest absolute Gasteiger partial charge is 0.251 e. The second-order valence-electron chi connectivity index (χ2n) is 4.06. The molecule has 0 aliphatic rings. The second kappa shape index (κ2) is 7.92. The van der Waals surface area contributed by atoms with Crippen molar-refractivity contribution in [2.45, 2.75) is 18.2 Å². The average Bonchev–Trinajstić information content (AvgIpc) is 2.33. The molecular weight excluding hydrogens is 362 g/mol. The number of nitrogens with one attached hydrogen (secondary N) is 1. The van der Waals surface area contributed by atoms with Crippen LogP contribution in [0, 0.1) is 6.92 Å². The predicted molar refractivity (Wildman–Crippen MR) is 80.4 cm³/mol. The molecule has 1 aromatic carbocycles. The first-order chi connectivity index (χ1) is 8.54. The van der Waals surface area contributed by atoms with Gasteiger partial charge in [-0.1, -0.05) is 31.9 Å². The fraction of sp³-hybridized carbons (Fsp3) is 0.462. The van der Waals surface area contributed by atoms with Crippen molar-refractivity contribution in [3.8, 4) is 0 Å². The van der Waals surface area contributed by atoms with Crippen LogP contribution in [0.4, 0.5) is 0 Å². The molecule has 1 unspecified atom stereocenters. The van der Waals surface area contributed by atoms with Gasteiger partial charge in [0.15, 0.2) is 0 Å². The molecule has 0 aliphatic heterocycles. The Balaban J connectivity index is 2.43. The second-order valence-corrected chi connectivity index (χ2v) is 6.21. The van der Waals surface area contributed by atoms with Crippen molar-refractivity contribution in [2.24, 2.45) is 0 Å². The number of ether oxygens (including phenoxy) is 1. The number of alkyl halides is 1. The molecule has 100 valence electrons. The van der Waals surface area contributed by atoms with Crippen molar-refractivity contribution in [1.82, 2.24) is 5.32 Å². The van der Waals surface area contributed by atoms with Gasteiger partial charge in [-0.15, -0.1) is 0 Å². The molecule has 0 spiro atoms. The van der Waals surface area contributed by atoms with E-state index in [-0.39, 0.29) is 10.7 Å². The summed E-state index contributed by atoms with van der Waals surface area (Å²) in [5, 5.41) is 2.90. The highest BCUT2D eigenvalue weighted by molar-refractivity contribution is 9.10. The van der Waals surface area contributed by atoms with Crippen molar-refractivity contribution in [3.05, 3.63) is 33.8 Å². The quantitative estimate of drug-likeness (QED) is 0.771. The number of methoxy groups -OCH3 is 1. The van der Waals surface area contributed by atoms with Gasteiger partial charge in [-0.05, 0) is 37.1 Å². The molecule has 3 nitrogen and oxygen atoms in total. The van der Waals surface area contributed by atoms with Gasteiger partial charge in [0.2, 0.25) is 0 Å². The summed E-state index contributed by atoms with van der Waals surface area (Å²) < 4.78 is 6.02. The van der Waals surface area contributed by atoms with Crippen molar-refractivity contribution in [3.63, 3.8) is 0 Å². The van der Waals surface area contributed by atoms with Crippen LogP contribution in [0.5, 0.6) is 0 Å². The largest absolute Gasteiger partial charge is 0.384 e. The molecule has 0 bridgehead atoms. The van der Waals surface area contributed by atoms with E-state index in [2.05, 4.69) is 37.2 Å². The van der Waals surface area contributed by atoms with Crippen LogP contribution in [-0.4, -0.2) is 31.0 Å². The Morgan fingerprint density at radius 2 is 2.22 bits per heavy atom. The van der Waals surface area contributed by atoms with Crippen LogP contribution in [0.1, 0.15) is 22.3 Å². The van der Waals surface area contributed by atoms with Gasteiger partial charge in [0.25, 0.3) is 5.91 Å². The normalized spacial score (nSPS) is 12.2. The van der Waals surface area contributed by atoms with Crippen molar-refractivity contribution < 1.29 is 9.53 Å². The SMILES string of the molecule is COCC(Br)CCNC(=O)c1ccc(Br)c(C)c1. The van der Waals surface area contributed by atoms with E-state index in [1.54, 1.807) is 7.11 Å². The Bertz CT molecular complexity index is 410. The number of benzene rings is 1. The molecule has 1 aromatic rings. The lowest BCUT2D eigenvalue weighted by molar-refractivity contribution is 0.0952. The van der Waals surface area contributed by atoms with Gasteiger partial charge in [-0.25, -0.2) is 0 Å². The lowest BCUT2D eigenvalue weighted by Gasteiger charge is -2.10. The minimum absolute atomic E-state index is 0.0392. The third-order valence-corrected chi connectivity index (χ3v) is 4.12. The Morgan fingerprint density at radius 1 is 1.50 bits per heavy atom. The molecule has 0 heterocycles. The molecular formula is C13H17Br2NO2. The summed E-state index contributed by atoms with van der Waals surface area (Å²) >= 11 is 6.90. The Hall–Kier alpha value is -0.390.